The molecule has 1 unspecified atom stereocenters. The molecule has 0 aliphatic rings. The lowest BCUT2D eigenvalue weighted by atomic mass is 10.0. The standard InChI is InChI=1S/C21H43NO/c1-5-6-7-8-9-10-11-12-13-14-15-16-17-18-21(23)22-20(4)19(2)3/h19-20H,5-18H2,1-4H3,(H,22,23). The fraction of sp³-hybridized carbons (Fsp3) is 0.952. The van der Waals surface area contributed by atoms with Gasteiger partial charge in [-0.05, 0) is 19.3 Å². The van der Waals surface area contributed by atoms with E-state index in [1.54, 1.807) is 0 Å². The molecule has 1 N–H and O–H groups in total. The van der Waals surface area contributed by atoms with Crippen molar-refractivity contribution in [1.82, 2.24) is 5.32 Å². The first kappa shape index (κ1) is 22.5. The molecule has 0 saturated carbocycles. The summed E-state index contributed by atoms with van der Waals surface area (Å²) in [7, 11) is 0. The number of unbranched alkanes of at least 4 members (excludes halogenated alkanes) is 12. The number of carbonyl (C=O) groups excluding carboxylic acids is 1. The number of hydrogen-bond donors (Lipinski definition) is 1. The average molecular weight is 326 g/mol. The van der Waals surface area contributed by atoms with E-state index >= 15 is 0 Å². The van der Waals surface area contributed by atoms with Crippen LogP contribution in [-0.2, 0) is 4.79 Å². The van der Waals surface area contributed by atoms with Gasteiger partial charge in [-0.2, -0.15) is 0 Å². The molecule has 0 heterocycles. The van der Waals surface area contributed by atoms with Crippen LogP contribution in [0.25, 0.3) is 0 Å². The molecule has 0 aromatic heterocycles. The lowest BCUT2D eigenvalue weighted by Gasteiger charge is -2.17. The molecule has 0 saturated heterocycles. The third-order valence-corrected chi connectivity index (χ3v) is 4.90. The maximum atomic E-state index is 11.7. The molecular formula is C21H43NO. The zero-order valence-electron chi connectivity index (χ0n) is 16.5. The number of amides is 1. The third kappa shape index (κ3) is 16.1. The first-order valence-corrected chi connectivity index (χ1v) is 10.4. The molecule has 0 spiro atoms. The summed E-state index contributed by atoms with van der Waals surface area (Å²) in [6.45, 7) is 8.66. The van der Waals surface area contributed by atoms with Crippen molar-refractivity contribution in [3.05, 3.63) is 0 Å². The van der Waals surface area contributed by atoms with Crippen molar-refractivity contribution >= 4 is 5.91 Å². The van der Waals surface area contributed by atoms with Gasteiger partial charge in [-0.15, -0.1) is 0 Å². The van der Waals surface area contributed by atoms with E-state index in [0.29, 0.717) is 18.4 Å². The third-order valence-electron chi connectivity index (χ3n) is 4.90. The molecule has 0 fully saturated rings. The van der Waals surface area contributed by atoms with Gasteiger partial charge in [0, 0.05) is 12.5 Å². The van der Waals surface area contributed by atoms with Crippen LogP contribution in [0.3, 0.4) is 0 Å². The second-order valence-electron chi connectivity index (χ2n) is 7.59. The predicted octanol–water partition coefficient (Wildman–Crippen LogP) is 6.63. The molecule has 2 heteroatoms. The normalized spacial score (nSPS) is 12.6. The SMILES string of the molecule is CCCCCCCCCCCCCCCC(=O)NC(C)C(C)C. The van der Waals surface area contributed by atoms with Crippen molar-refractivity contribution in [1.29, 1.82) is 0 Å². The molecule has 0 bridgehead atoms. The number of nitrogens with one attached hydrogen (secondary N) is 1. The van der Waals surface area contributed by atoms with Crippen molar-refractivity contribution < 1.29 is 4.79 Å². The predicted molar refractivity (Wildman–Crippen MR) is 103 cm³/mol. The topological polar surface area (TPSA) is 29.1 Å². The second kappa shape index (κ2) is 16.3. The minimum Gasteiger partial charge on any atom is -0.353 e. The highest BCUT2D eigenvalue weighted by molar-refractivity contribution is 5.76. The maximum absolute atomic E-state index is 11.7. The van der Waals surface area contributed by atoms with Crippen LogP contribution in [0.1, 0.15) is 118 Å². The van der Waals surface area contributed by atoms with Gasteiger partial charge >= 0.3 is 0 Å². The number of hydrogen-bond acceptors (Lipinski definition) is 1. The largest absolute Gasteiger partial charge is 0.353 e. The van der Waals surface area contributed by atoms with Crippen molar-refractivity contribution in [3.8, 4) is 0 Å². The van der Waals surface area contributed by atoms with Gasteiger partial charge in [0.1, 0.15) is 0 Å². The number of rotatable bonds is 16. The Morgan fingerprint density at radius 3 is 1.48 bits per heavy atom. The van der Waals surface area contributed by atoms with Crippen LogP contribution in [0.4, 0.5) is 0 Å². The fourth-order valence-electron chi connectivity index (χ4n) is 2.80. The fourth-order valence-corrected chi connectivity index (χ4v) is 2.80. The van der Waals surface area contributed by atoms with Crippen LogP contribution < -0.4 is 5.32 Å². The molecule has 1 atom stereocenters. The van der Waals surface area contributed by atoms with E-state index in [1.807, 2.05) is 0 Å². The molecule has 0 aliphatic carbocycles. The average Bonchev–Trinajstić information content (AvgIpc) is 2.51. The summed E-state index contributed by atoms with van der Waals surface area (Å²) in [5.74, 6) is 0.750. The Kier molecular flexibility index (Phi) is 16.0. The maximum Gasteiger partial charge on any atom is 0.220 e. The Hall–Kier alpha value is -0.530. The Bertz CT molecular complexity index is 263. The minimum absolute atomic E-state index is 0.231. The zero-order chi connectivity index (χ0) is 17.3. The van der Waals surface area contributed by atoms with Gasteiger partial charge in [0.25, 0.3) is 0 Å². The van der Waals surface area contributed by atoms with Crippen molar-refractivity contribution in [3.63, 3.8) is 0 Å². The zero-order valence-corrected chi connectivity index (χ0v) is 16.5. The molecule has 23 heavy (non-hydrogen) atoms. The summed E-state index contributed by atoms with van der Waals surface area (Å²) in [6.07, 6.45) is 18.3. The molecule has 0 aliphatic heterocycles. The van der Waals surface area contributed by atoms with Gasteiger partial charge in [-0.25, -0.2) is 0 Å². The van der Waals surface area contributed by atoms with Crippen molar-refractivity contribution in [2.24, 2.45) is 5.92 Å². The Balaban J connectivity index is 3.20. The van der Waals surface area contributed by atoms with Crippen molar-refractivity contribution in [2.45, 2.75) is 124 Å². The second-order valence-corrected chi connectivity index (χ2v) is 7.59. The van der Waals surface area contributed by atoms with E-state index in [-0.39, 0.29) is 5.91 Å². The summed E-state index contributed by atoms with van der Waals surface area (Å²) >= 11 is 0. The molecule has 0 aromatic rings. The summed E-state index contributed by atoms with van der Waals surface area (Å²) in [5.41, 5.74) is 0. The van der Waals surface area contributed by atoms with Crippen LogP contribution in [0, 0.1) is 5.92 Å². The summed E-state index contributed by atoms with van der Waals surface area (Å²) in [6, 6.07) is 0.296. The Morgan fingerprint density at radius 2 is 1.09 bits per heavy atom. The molecule has 2 nitrogen and oxygen atoms in total. The molecule has 0 radical (unpaired) electrons. The van der Waals surface area contributed by atoms with Gasteiger partial charge in [-0.3, -0.25) is 4.79 Å². The van der Waals surface area contributed by atoms with E-state index in [2.05, 4.69) is 33.0 Å². The van der Waals surface area contributed by atoms with Crippen LogP contribution in [0.15, 0.2) is 0 Å². The molecular weight excluding hydrogens is 282 g/mol. The van der Waals surface area contributed by atoms with Crippen LogP contribution in [-0.4, -0.2) is 11.9 Å². The van der Waals surface area contributed by atoms with Gasteiger partial charge in [0.2, 0.25) is 5.91 Å². The summed E-state index contributed by atoms with van der Waals surface area (Å²) in [5, 5.41) is 3.08. The lowest BCUT2D eigenvalue weighted by molar-refractivity contribution is -0.122. The summed E-state index contributed by atoms with van der Waals surface area (Å²) in [4.78, 5) is 11.7. The van der Waals surface area contributed by atoms with Gasteiger partial charge in [0.05, 0.1) is 0 Å². The number of carbonyl (C=O) groups is 1. The monoisotopic (exact) mass is 325 g/mol. The van der Waals surface area contributed by atoms with E-state index < -0.39 is 0 Å². The van der Waals surface area contributed by atoms with E-state index in [4.69, 9.17) is 0 Å². The van der Waals surface area contributed by atoms with Gasteiger partial charge in [0.15, 0.2) is 0 Å². The van der Waals surface area contributed by atoms with E-state index in [9.17, 15) is 4.79 Å². The van der Waals surface area contributed by atoms with Crippen LogP contribution in [0.5, 0.6) is 0 Å². The van der Waals surface area contributed by atoms with Gasteiger partial charge < -0.3 is 5.32 Å². The van der Waals surface area contributed by atoms with E-state index in [1.165, 1.54) is 77.0 Å². The first-order chi connectivity index (χ1) is 11.1. The summed E-state index contributed by atoms with van der Waals surface area (Å²) < 4.78 is 0. The van der Waals surface area contributed by atoms with Crippen LogP contribution in [0.2, 0.25) is 0 Å². The molecule has 1 amide bonds. The quantitative estimate of drug-likeness (QED) is 0.317. The Labute approximate surface area is 146 Å². The highest BCUT2D eigenvalue weighted by Crippen LogP contribution is 2.13. The molecule has 0 rings (SSSR count). The van der Waals surface area contributed by atoms with Crippen molar-refractivity contribution in [2.75, 3.05) is 0 Å². The lowest BCUT2D eigenvalue weighted by Crippen LogP contribution is -2.35. The molecule has 138 valence electrons. The molecule has 0 aromatic carbocycles. The highest BCUT2D eigenvalue weighted by atomic mass is 16.1. The first-order valence-electron chi connectivity index (χ1n) is 10.4. The van der Waals surface area contributed by atoms with Gasteiger partial charge in [-0.1, -0.05) is 97.8 Å². The van der Waals surface area contributed by atoms with E-state index in [0.717, 1.165) is 6.42 Å². The van der Waals surface area contributed by atoms with Crippen LogP contribution >= 0.6 is 0 Å². The minimum atomic E-state index is 0.231. The highest BCUT2D eigenvalue weighted by Gasteiger charge is 2.09. The smallest absolute Gasteiger partial charge is 0.220 e. The Morgan fingerprint density at radius 1 is 0.696 bits per heavy atom.